The smallest absolute Gasteiger partial charge is 0.254 e. The van der Waals surface area contributed by atoms with Gasteiger partial charge in [-0.2, -0.15) is 4.31 Å². The van der Waals surface area contributed by atoms with Crippen LogP contribution >= 0.6 is 11.8 Å². The predicted molar refractivity (Wildman–Crippen MR) is 143 cm³/mol. The van der Waals surface area contributed by atoms with Crippen molar-refractivity contribution in [1.82, 2.24) is 9.21 Å². The molecule has 5 nitrogen and oxygen atoms in total. The molecule has 2 aliphatic rings. The molecule has 1 spiro atoms. The van der Waals surface area contributed by atoms with Gasteiger partial charge in [-0.3, -0.25) is 4.79 Å². The first kappa shape index (κ1) is 24.3. The highest BCUT2D eigenvalue weighted by Crippen LogP contribution is 2.45. The number of carbonyl (C=O) groups excluding carboxylic acids is 1. The average Bonchev–Trinajstić information content (AvgIpc) is 3.25. The lowest BCUT2D eigenvalue weighted by atomic mass is 9.86. The van der Waals surface area contributed by atoms with Gasteiger partial charge in [0.15, 0.2) is 0 Å². The van der Waals surface area contributed by atoms with E-state index in [-0.39, 0.29) is 16.2 Å². The number of nitrogens with zero attached hydrogens (tertiary/aromatic N) is 2. The second-order valence-corrected chi connectivity index (χ2v) is 13.8. The number of carbonyl (C=O) groups is 1. The molecule has 184 valence electrons. The summed E-state index contributed by atoms with van der Waals surface area (Å²) in [6.45, 7) is 8.00. The van der Waals surface area contributed by atoms with Crippen LogP contribution < -0.4 is 0 Å². The number of thioether (sulfide) groups is 1. The summed E-state index contributed by atoms with van der Waals surface area (Å²) in [7, 11) is -3.62. The second-order valence-electron chi connectivity index (χ2n) is 10.5. The maximum Gasteiger partial charge on any atom is 0.254 e. The monoisotopic (exact) mass is 508 g/mol. The van der Waals surface area contributed by atoms with Gasteiger partial charge in [0.05, 0.1) is 9.77 Å². The lowest BCUT2D eigenvalue weighted by Gasteiger charge is -2.43. The van der Waals surface area contributed by atoms with Gasteiger partial charge in [-0.25, -0.2) is 8.42 Å². The van der Waals surface area contributed by atoms with Crippen LogP contribution in [0, 0.1) is 0 Å². The molecular formula is C28H32N2O3S2. The molecule has 2 aliphatic heterocycles. The van der Waals surface area contributed by atoms with Gasteiger partial charge in [0.25, 0.3) is 5.91 Å². The van der Waals surface area contributed by atoms with Crippen molar-refractivity contribution in [1.29, 1.82) is 0 Å². The van der Waals surface area contributed by atoms with Crippen molar-refractivity contribution in [2.75, 3.05) is 25.4 Å². The Hall–Kier alpha value is -2.35. The zero-order chi connectivity index (χ0) is 24.8. The minimum atomic E-state index is -3.62. The standard InChI is InChI=1S/C28H32N2O3S2/c1-27(2,3)23-13-11-22(12-14-23)26(31)30-19-20-34-28(30)15-17-29(18-16-28)35(32,33)25-10-6-8-21-7-4-5-9-24(21)25/h4-14H,15-20H2,1-3H3. The van der Waals surface area contributed by atoms with Gasteiger partial charge >= 0.3 is 0 Å². The fraction of sp³-hybridized carbons (Fsp3) is 0.393. The number of sulfonamides is 1. The van der Waals surface area contributed by atoms with E-state index in [1.807, 2.05) is 59.5 Å². The largest absolute Gasteiger partial charge is 0.323 e. The van der Waals surface area contributed by atoms with Crippen LogP contribution in [0.2, 0.25) is 0 Å². The number of hydrogen-bond donors (Lipinski definition) is 0. The van der Waals surface area contributed by atoms with Crippen molar-refractivity contribution in [3.05, 3.63) is 77.9 Å². The number of hydrogen-bond acceptors (Lipinski definition) is 4. The van der Waals surface area contributed by atoms with Crippen LogP contribution in [0.15, 0.2) is 71.6 Å². The fourth-order valence-electron chi connectivity index (χ4n) is 5.21. The van der Waals surface area contributed by atoms with E-state index in [0.29, 0.717) is 42.9 Å². The highest BCUT2D eigenvalue weighted by atomic mass is 32.2. The average molecular weight is 509 g/mol. The Bertz CT molecular complexity index is 1350. The van der Waals surface area contributed by atoms with E-state index in [4.69, 9.17) is 0 Å². The minimum Gasteiger partial charge on any atom is -0.323 e. The number of fused-ring (bicyclic) bond motifs is 1. The van der Waals surface area contributed by atoms with Gasteiger partial charge in [0, 0.05) is 36.3 Å². The lowest BCUT2D eigenvalue weighted by molar-refractivity contribution is 0.0605. The quantitative estimate of drug-likeness (QED) is 0.468. The minimum absolute atomic E-state index is 0.0364. The van der Waals surface area contributed by atoms with Crippen molar-refractivity contribution in [3.8, 4) is 0 Å². The first-order valence-electron chi connectivity index (χ1n) is 12.2. The normalized spacial score (nSPS) is 18.9. The van der Waals surface area contributed by atoms with Gasteiger partial charge in [0.2, 0.25) is 10.0 Å². The highest BCUT2D eigenvalue weighted by molar-refractivity contribution is 8.00. The van der Waals surface area contributed by atoms with Gasteiger partial charge in [-0.1, -0.05) is 69.3 Å². The lowest BCUT2D eigenvalue weighted by Crippen LogP contribution is -2.53. The Morgan fingerprint density at radius 1 is 0.886 bits per heavy atom. The summed E-state index contributed by atoms with van der Waals surface area (Å²) >= 11 is 1.80. The third-order valence-corrected chi connectivity index (χ3v) is 10.8. The van der Waals surface area contributed by atoms with Crippen LogP contribution in [-0.2, 0) is 15.4 Å². The molecule has 3 aromatic carbocycles. The Balaban J connectivity index is 1.35. The summed E-state index contributed by atoms with van der Waals surface area (Å²) in [5, 5.41) is 1.67. The topological polar surface area (TPSA) is 57.7 Å². The molecule has 2 fully saturated rings. The van der Waals surface area contributed by atoms with Gasteiger partial charge in [0.1, 0.15) is 0 Å². The Morgan fingerprint density at radius 2 is 1.54 bits per heavy atom. The van der Waals surface area contributed by atoms with Gasteiger partial charge < -0.3 is 4.90 Å². The predicted octanol–water partition coefficient (Wildman–Crippen LogP) is 5.51. The maximum atomic E-state index is 13.6. The molecule has 35 heavy (non-hydrogen) atoms. The summed E-state index contributed by atoms with van der Waals surface area (Å²) in [6, 6.07) is 21.0. The molecule has 0 saturated carbocycles. The van der Waals surface area contributed by atoms with Crippen LogP contribution in [0.25, 0.3) is 10.8 Å². The third-order valence-electron chi connectivity index (χ3n) is 7.29. The van der Waals surface area contributed by atoms with E-state index >= 15 is 0 Å². The van der Waals surface area contributed by atoms with E-state index in [1.165, 1.54) is 5.56 Å². The van der Waals surface area contributed by atoms with Crippen LogP contribution in [0.5, 0.6) is 0 Å². The van der Waals surface area contributed by atoms with Crippen molar-refractivity contribution in [2.45, 2.75) is 48.8 Å². The van der Waals surface area contributed by atoms with Crippen molar-refractivity contribution in [2.24, 2.45) is 0 Å². The van der Waals surface area contributed by atoms with Crippen molar-refractivity contribution in [3.63, 3.8) is 0 Å². The summed E-state index contributed by atoms with van der Waals surface area (Å²) in [6.07, 6.45) is 1.26. The van der Waals surface area contributed by atoms with Crippen LogP contribution in [0.1, 0.15) is 49.5 Å². The molecule has 5 rings (SSSR count). The molecule has 0 atom stereocenters. The Morgan fingerprint density at radius 3 is 2.23 bits per heavy atom. The molecule has 0 unspecified atom stereocenters. The molecule has 7 heteroatoms. The molecule has 0 aromatic heterocycles. The highest BCUT2D eigenvalue weighted by Gasteiger charge is 2.48. The van der Waals surface area contributed by atoms with E-state index in [1.54, 1.807) is 28.2 Å². The van der Waals surface area contributed by atoms with E-state index in [0.717, 1.165) is 16.5 Å². The summed E-state index contributed by atoms with van der Waals surface area (Å²) < 4.78 is 28.8. The fourth-order valence-corrected chi connectivity index (χ4v) is 8.32. The van der Waals surface area contributed by atoms with Crippen molar-refractivity contribution < 1.29 is 13.2 Å². The summed E-state index contributed by atoms with van der Waals surface area (Å²) in [4.78, 5) is 15.5. The second kappa shape index (κ2) is 8.95. The molecular weight excluding hydrogens is 476 g/mol. The number of rotatable bonds is 3. The molecule has 1 amide bonds. The first-order chi connectivity index (χ1) is 16.6. The zero-order valence-electron chi connectivity index (χ0n) is 20.5. The van der Waals surface area contributed by atoms with Gasteiger partial charge in [-0.05, 0) is 47.4 Å². The van der Waals surface area contributed by atoms with E-state index in [2.05, 4.69) is 20.8 Å². The molecule has 2 saturated heterocycles. The Labute approximate surface area is 212 Å². The first-order valence-corrected chi connectivity index (χ1v) is 14.6. The number of amides is 1. The molecule has 2 heterocycles. The number of piperidine rings is 1. The molecule has 0 N–H and O–H groups in total. The molecule has 3 aromatic rings. The molecule has 0 aliphatic carbocycles. The Kier molecular flexibility index (Phi) is 6.22. The summed E-state index contributed by atoms with van der Waals surface area (Å²) in [5.41, 5.74) is 1.94. The van der Waals surface area contributed by atoms with Gasteiger partial charge in [-0.15, -0.1) is 11.8 Å². The van der Waals surface area contributed by atoms with Crippen molar-refractivity contribution >= 4 is 38.5 Å². The van der Waals surface area contributed by atoms with Crippen LogP contribution in [-0.4, -0.2) is 53.8 Å². The molecule has 0 bridgehead atoms. The third kappa shape index (κ3) is 4.39. The maximum absolute atomic E-state index is 13.6. The summed E-state index contributed by atoms with van der Waals surface area (Å²) in [5.74, 6) is 0.919. The number of benzene rings is 3. The van der Waals surface area contributed by atoms with E-state index < -0.39 is 10.0 Å². The molecule has 0 radical (unpaired) electrons. The SMILES string of the molecule is CC(C)(C)c1ccc(C(=O)N2CCSC23CCN(S(=O)(=O)c2cccc4ccccc24)CC3)cc1. The van der Waals surface area contributed by atoms with E-state index in [9.17, 15) is 13.2 Å². The zero-order valence-corrected chi connectivity index (χ0v) is 22.2. The van der Waals surface area contributed by atoms with Crippen LogP contribution in [0.3, 0.4) is 0 Å². The van der Waals surface area contributed by atoms with Crippen LogP contribution in [0.4, 0.5) is 0 Å².